The number of hydrogen-bond acceptors (Lipinski definition) is 3. The number of ether oxygens (including phenoxy) is 2. The van der Waals surface area contributed by atoms with Gasteiger partial charge in [0.15, 0.2) is 5.96 Å². The zero-order valence-electron chi connectivity index (χ0n) is 16.3. The van der Waals surface area contributed by atoms with Crippen molar-refractivity contribution in [1.82, 2.24) is 10.6 Å². The van der Waals surface area contributed by atoms with Crippen LogP contribution < -0.4 is 15.4 Å². The third-order valence-corrected chi connectivity index (χ3v) is 4.02. The van der Waals surface area contributed by atoms with Crippen molar-refractivity contribution in [2.45, 2.75) is 39.7 Å². The van der Waals surface area contributed by atoms with E-state index in [0.717, 1.165) is 56.0 Å². The summed E-state index contributed by atoms with van der Waals surface area (Å²) in [5.74, 6) is 3.12. The van der Waals surface area contributed by atoms with Gasteiger partial charge in [-0.05, 0) is 37.2 Å². The van der Waals surface area contributed by atoms with E-state index in [4.69, 9.17) is 9.47 Å². The van der Waals surface area contributed by atoms with Gasteiger partial charge in [-0.3, -0.25) is 4.99 Å². The predicted molar refractivity (Wildman–Crippen MR) is 119 cm³/mol. The molecule has 1 aliphatic carbocycles. The second-order valence-corrected chi connectivity index (χ2v) is 7.04. The Morgan fingerprint density at radius 2 is 2.00 bits per heavy atom. The van der Waals surface area contributed by atoms with E-state index in [0.29, 0.717) is 12.5 Å². The molecule has 1 fully saturated rings. The number of halogens is 1. The molecular weight excluding hydrogens is 441 g/mol. The van der Waals surface area contributed by atoms with Crippen molar-refractivity contribution in [2.75, 3.05) is 33.4 Å². The maximum atomic E-state index is 5.95. The van der Waals surface area contributed by atoms with Gasteiger partial charge < -0.3 is 20.1 Å². The smallest absolute Gasteiger partial charge is 0.191 e. The van der Waals surface area contributed by atoms with Crippen molar-refractivity contribution in [3.8, 4) is 5.75 Å². The van der Waals surface area contributed by atoms with E-state index in [-0.39, 0.29) is 24.0 Å². The molecule has 2 rings (SSSR count). The van der Waals surface area contributed by atoms with Crippen LogP contribution in [0, 0.1) is 11.8 Å². The second-order valence-electron chi connectivity index (χ2n) is 7.04. The highest BCUT2D eigenvalue weighted by molar-refractivity contribution is 14.0. The van der Waals surface area contributed by atoms with Crippen molar-refractivity contribution in [2.24, 2.45) is 16.8 Å². The molecule has 5 nitrogen and oxygen atoms in total. The van der Waals surface area contributed by atoms with Gasteiger partial charge in [0.1, 0.15) is 5.75 Å². The van der Waals surface area contributed by atoms with Crippen LogP contribution in [0.4, 0.5) is 0 Å². The molecule has 0 amide bonds. The highest BCUT2D eigenvalue weighted by Crippen LogP contribution is 2.30. The minimum Gasteiger partial charge on any atom is -0.493 e. The minimum absolute atomic E-state index is 0. The molecule has 1 aliphatic rings. The number of benzene rings is 1. The molecule has 0 radical (unpaired) electrons. The first-order chi connectivity index (χ1) is 12.2. The van der Waals surface area contributed by atoms with Gasteiger partial charge in [0.05, 0.1) is 6.61 Å². The van der Waals surface area contributed by atoms with Crippen LogP contribution in [0.3, 0.4) is 0 Å². The Hall–Kier alpha value is -1.02. The van der Waals surface area contributed by atoms with Gasteiger partial charge in [0.25, 0.3) is 0 Å². The summed E-state index contributed by atoms with van der Waals surface area (Å²) in [6.07, 6.45) is 3.57. The Balaban J connectivity index is 0.00000338. The van der Waals surface area contributed by atoms with Crippen LogP contribution in [-0.4, -0.2) is 39.4 Å². The van der Waals surface area contributed by atoms with E-state index >= 15 is 0 Å². The van der Waals surface area contributed by atoms with Gasteiger partial charge in [-0.15, -0.1) is 24.0 Å². The van der Waals surface area contributed by atoms with Gasteiger partial charge >= 0.3 is 0 Å². The van der Waals surface area contributed by atoms with E-state index < -0.39 is 0 Å². The molecule has 0 heterocycles. The van der Waals surface area contributed by atoms with Gasteiger partial charge in [0, 0.05) is 38.9 Å². The van der Waals surface area contributed by atoms with Crippen molar-refractivity contribution in [3.05, 3.63) is 29.8 Å². The Kier molecular flexibility index (Phi) is 11.7. The summed E-state index contributed by atoms with van der Waals surface area (Å²) in [6.45, 7) is 8.30. The van der Waals surface area contributed by atoms with Crippen LogP contribution in [0.25, 0.3) is 0 Å². The van der Waals surface area contributed by atoms with Gasteiger partial charge in [0.2, 0.25) is 0 Å². The van der Waals surface area contributed by atoms with Crippen LogP contribution in [-0.2, 0) is 11.3 Å². The van der Waals surface area contributed by atoms with E-state index in [2.05, 4.69) is 35.5 Å². The molecule has 0 saturated heterocycles. The fourth-order valence-electron chi connectivity index (χ4n) is 2.38. The van der Waals surface area contributed by atoms with Crippen LogP contribution in [0.15, 0.2) is 29.3 Å². The van der Waals surface area contributed by atoms with Gasteiger partial charge in [-0.25, -0.2) is 0 Å². The summed E-state index contributed by atoms with van der Waals surface area (Å²) < 4.78 is 11.5. The summed E-state index contributed by atoms with van der Waals surface area (Å²) in [7, 11) is 1.79. The molecule has 1 aromatic rings. The fourth-order valence-corrected chi connectivity index (χ4v) is 2.38. The quantitative estimate of drug-likeness (QED) is 0.221. The van der Waals surface area contributed by atoms with Crippen LogP contribution in [0.1, 0.15) is 38.7 Å². The van der Waals surface area contributed by atoms with E-state index in [1.165, 1.54) is 12.8 Å². The first-order valence-corrected chi connectivity index (χ1v) is 9.42. The first-order valence-electron chi connectivity index (χ1n) is 9.42. The van der Waals surface area contributed by atoms with Crippen LogP contribution in [0.2, 0.25) is 0 Å². The molecular formula is C20H34IN3O2. The minimum atomic E-state index is 0. The van der Waals surface area contributed by atoms with Crippen molar-refractivity contribution in [1.29, 1.82) is 0 Å². The van der Waals surface area contributed by atoms with Crippen molar-refractivity contribution in [3.63, 3.8) is 0 Å². The number of guanidine groups is 1. The lowest BCUT2D eigenvalue weighted by molar-refractivity contribution is 0.108. The zero-order chi connectivity index (χ0) is 17.9. The average molecular weight is 475 g/mol. The molecule has 1 aromatic carbocycles. The van der Waals surface area contributed by atoms with Gasteiger partial charge in [-0.1, -0.05) is 32.0 Å². The average Bonchev–Trinajstić information content (AvgIpc) is 3.43. The Morgan fingerprint density at radius 3 is 2.69 bits per heavy atom. The molecule has 0 spiro atoms. The molecule has 148 valence electrons. The molecule has 0 atom stereocenters. The Morgan fingerprint density at radius 1 is 1.23 bits per heavy atom. The molecule has 26 heavy (non-hydrogen) atoms. The number of nitrogens with zero attached hydrogens (tertiary/aromatic N) is 1. The maximum Gasteiger partial charge on any atom is 0.191 e. The zero-order valence-corrected chi connectivity index (χ0v) is 18.6. The number of nitrogens with one attached hydrogen (secondary N) is 2. The van der Waals surface area contributed by atoms with Crippen molar-refractivity contribution < 1.29 is 9.47 Å². The lowest BCUT2D eigenvalue weighted by Crippen LogP contribution is -2.37. The molecule has 0 unspecified atom stereocenters. The third kappa shape index (κ3) is 9.62. The number of para-hydroxylation sites is 1. The lowest BCUT2D eigenvalue weighted by atomic mass is 10.2. The molecule has 2 N–H and O–H groups in total. The maximum absolute atomic E-state index is 5.95. The fraction of sp³-hybridized carbons (Fsp3) is 0.650. The summed E-state index contributed by atoms with van der Waals surface area (Å²) >= 11 is 0. The standard InChI is InChI=1S/C20H33N3O2.HI/c1-16(2)14-24-12-6-11-22-20(21-3)23-13-18-7-4-5-8-19(18)25-15-17-9-10-17;/h4-5,7-8,16-17H,6,9-15H2,1-3H3,(H2,21,22,23);1H. The van der Waals surface area contributed by atoms with E-state index in [1.807, 2.05) is 18.2 Å². The Labute approximate surface area is 175 Å². The topological polar surface area (TPSA) is 54.9 Å². The molecule has 0 bridgehead atoms. The van der Waals surface area contributed by atoms with Crippen LogP contribution in [0.5, 0.6) is 5.75 Å². The largest absolute Gasteiger partial charge is 0.493 e. The van der Waals surface area contributed by atoms with Crippen molar-refractivity contribution >= 4 is 29.9 Å². The third-order valence-electron chi connectivity index (χ3n) is 4.02. The number of rotatable bonds is 11. The first kappa shape index (κ1) is 23.0. The highest BCUT2D eigenvalue weighted by Gasteiger charge is 2.22. The predicted octanol–water partition coefficient (Wildman–Crippen LogP) is 3.82. The summed E-state index contributed by atoms with van der Waals surface area (Å²) in [6, 6.07) is 8.21. The summed E-state index contributed by atoms with van der Waals surface area (Å²) in [4.78, 5) is 4.28. The molecule has 0 aliphatic heterocycles. The highest BCUT2D eigenvalue weighted by atomic mass is 127. The summed E-state index contributed by atoms with van der Waals surface area (Å²) in [5.41, 5.74) is 1.16. The SMILES string of the molecule is CN=C(NCCCOCC(C)C)NCc1ccccc1OCC1CC1.I. The van der Waals surface area contributed by atoms with Gasteiger partial charge in [-0.2, -0.15) is 0 Å². The molecule has 6 heteroatoms. The number of aliphatic imine (C=N–C) groups is 1. The number of hydrogen-bond donors (Lipinski definition) is 2. The summed E-state index contributed by atoms with van der Waals surface area (Å²) in [5, 5.41) is 6.68. The Bertz CT molecular complexity index is 534. The van der Waals surface area contributed by atoms with E-state index in [1.54, 1.807) is 7.05 Å². The normalized spacial score (nSPS) is 14.1. The second kappa shape index (κ2) is 13.2. The van der Waals surface area contributed by atoms with Crippen LogP contribution >= 0.6 is 24.0 Å². The molecule has 0 aromatic heterocycles. The lowest BCUT2D eigenvalue weighted by Gasteiger charge is -2.15. The van der Waals surface area contributed by atoms with E-state index in [9.17, 15) is 0 Å². The monoisotopic (exact) mass is 475 g/mol. The molecule has 1 saturated carbocycles.